The highest BCUT2D eigenvalue weighted by Gasteiger charge is 2.23. The Balaban J connectivity index is 2.22. The van der Waals surface area contributed by atoms with Crippen molar-refractivity contribution in [3.8, 4) is 5.75 Å². The number of carbonyl (C=O) groups excluding carboxylic acids is 2. The zero-order valence-corrected chi connectivity index (χ0v) is 16.5. The predicted molar refractivity (Wildman–Crippen MR) is 101 cm³/mol. The van der Waals surface area contributed by atoms with E-state index in [9.17, 15) is 14.4 Å². The number of carbonyl (C=O) groups is 2. The Kier molecular flexibility index (Phi) is 5.93. The average molecular weight is 375 g/mol. The van der Waals surface area contributed by atoms with E-state index in [1.54, 1.807) is 20.8 Å². The van der Waals surface area contributed by atoms with E-state index in [-0.39, 0.29) is 0 Å². The molecule has 0 unspecified atom stereocenters. The molecule has 7 heteroatoms. The summed E-state index contributed by atoms with van der Waals surface area (Å²) in [6.07, 6.45) is -0.0897. The van der Waals surface area contributed by atoms with Gasteiger partial charge < -0.3 is 19.2 Å². The summed E-state index contributed by atoms with van der Waals surface area (Å²) in [6, 6.07) is 3.87. The van der Waals surface area contributed by atoms with Gasteiger partial charge in [-0.25, -0.2) is 14.4 Å². The summed E-state index contributed by atoms with van der Waals surface area (Å²) >= 11 is 0. The minimum atomic E-state index is -0.912. The molecule has 2 aromatic rings. The van der Waals surface area contributed by atoms with Crippen molar-refractivity contribution in [2.45, 2.75) is 59.6 Å². The largest absolute Gasteiger partial charge is 0.444 e. The minimum absolute atomic E-state index is 0.293. The first-order valence-electron chi connectivity index (χ1n) is 8.78. The lowest BCUT2D eigenvalue weighted by atomic mass is 10.1. The summed E-state index contributed by atoms with van der Waals surface area (Å²) in [5, 5.41) is 3.22. The Labute approximate surface area is 157 Å². The van der Waals surface area contributed by atoms with Crippen LogP contribution < -0.4 is 15.7 Å². The molecule has 0 aliphatic carbocycles. The fourth-order valence-electron chi connectivity index (χ4n) is 2.50. The highest BCUT2D eigenvalue weighted by Crippen LogP contribution is 2.28. The van der Waals surface area contributed by atoms with E-state index in [1.165, 1.54) is 19.1 Å². The molecular formula is C20H25NO6. The Hall–Kier alpha value is -2.83. The monoisotopic (exact) mass is 375 g/mol. The number of esters is 1. The molecule has 1 heterocycles. The lowest BCUT2D eigenvalue weighted by Gasteiger charge is -2.21. The lowest BCUT2D eigenvalue weighted by molar-refractivity contribution is -0.136. The highest BCUT2D eigenvalue weighted by molar-refractivity contribution is 5.86. The van der Waals surface area contributed by atoms with Gasteiger partial charge in [0.15, 0.2) is 0 Å². The maximum absolute atomic E-state index is 12.4. The molecule has 1 N–H and O–H groups in total. The second-order valence-corrected chi connectivity index (χ2v) is 7.35. The second kappa shape index (κ2) is 7.82. The van der Waals surface area contributed by atoms with Gasteiger partial charge in [0.05, 0.1) is 0 Å². The lowest BCUT2D eigenvalue weighted by Crippen LogP contribution is -2.43. The number of nitrogens with one attached hydrogen (secondary N) is 1. The van der Waals surface area contributed by atoms with Gasteiger partial charge in [-0.3, -0.25) is 0 Å². The van der Waals surface area contributed by atoms with Gasteiger partial charge in [-0.15, -0.1) is 0 Å². The van der Waals surface area contributed by atoms with Crippen molar-refractivity contribution in [3.05, 3.63) is 39.7 Å². The quantitative estimate of drug-likeness (QED) is 0.499. The minimum Gasteiger partial charge on any atom is -0.444 e. The molecule has 0 fully saturated rings. The van der Waals surface area contributed by atoms with Crippen molar-refractivity contribution in [2.24, 2.45) is 0 Å². The third kappa shape index (κ3) is 5.32. The van der Waals surface area contributed by atoms with E-state index in [0.29, 0.717) is 17.8 Å². The topological polar surface area (TPSA) is 94.8 Å². The van der Waals surface area contributed by atoms with Crippen LogP contribution in [-0.2, 0) is 16.0 Å². The molecule has 0 saturated heterocycles. The van der Waals surface area contributed by atoms with Gasteiger partial charge in [0.1, 0.15) is 23.0 Å². The van der Waals surface area contributed by atoms with Gasteiger partial charge in [-0.05, 0) is 58.2 Å². The normalized spacial score (nSPS) is 12.5. The third-order valence-electron chi connectivity index (χ3n) is 3.81. The molecule has 0 saturated carbocycles. The molecule has 27 heavy (non-hydrogen) atoms. The van der Waals surface area contributed by atoms with E-state index < -0.39 is 29.3 Å². The molecule has 0 radical (unpaired) electrons. The number of aryl methyl sites for hydroxylation is 2. The first kappa shape index (κ1) is 20.5. The Bertz CT molecular complexity index is 922. The molecule has 0 bridgehead atoms. The summed E-state index contributed by atoms with van der Waals surface area (Å²) in [7, 11) is 0. The summed E-state index contributed by atoms with van der Waals surface area (Å²) in [5.74, 6) is -0.355. The number of rotatable bonds is 4. The Morgan fingerprint density at radius 3 is 2.48 bits per heavy atom. The maximum atomic E-state index is 12.4. The SMILES string of the molecule is CCc1cc2c(C)cc(=O)oc2cc1OC(=O)[C@@H](C)NC(=O)OC(C)(C)C. The van der Waals surface area contributed by atoms with Crippen LogP contribution in [0, 0.1) is 6.92 Å². The Morgan fingerprint density at radius 2 is 1.89 bits per heavy atom. The van der Waals surface area contributed by atoms with E-state index in [0.717, 1.165) is 16.5 Å². The molecule has 1 atom stereocenters. The van der Waals surface area contributed by atoms with Crippen molar-refractivity contribution in [1.29, 1.82) is 0 Å². The predicted octanol–water partition coefficient (Wildman–Crippen LogP) is 3.48. The maximum Gasteiger partial charge on any atom is 0.408 e. The average Bonchev–Trinajstić information content (AvgIpc) is 2.52. The molecular weight excluding hydrogens is 350 g/mol. The van der Waals surface area contributed by atoms with Crippen LogP contribution in [0.15, 0.2) is 27.4 Å². The van der Waals surface area contributed by atoms with Crippen LogP contribution in [0.5, 0.6) is 5.75 Å². The smallest absolute Gasteiger partial charge is 0.408 e. The molecule has 1 aromatic heterocycles. The zero-order valence-electron chi connectivity index (χ0n) is 16.5. The number of fused-ring (bicyclic) bond motifs is 1. The highest BCUT2D eigenvalue weighted by atomic mass is 16.6. The number of hydrogen-bond acceptors (Lipinski definition) is 6. The molecule has 7 nitrogen and oxygen atoms in total. The molecule has 1 aromatic carbocycles. The number of benzene rings is 1. The number of amides is 1. The fourth-order valence-corrected chi connectivity index (χ4v) is 2.50. The van der Waals surface area contributed by atoms with Crippen LogP contribution >= 0.6 is 0 Å². The molecule has 0 spiro atoms. The van der Waals surface area contributed by atoms with Crippen molar-refractivity contribution < 1.29 is 23.5 Å². The zero-order chi connectivity index (χ0) is 20.4. The molecule has 0 aliphatic rings. The van der Waals surface area contributed by atoms with Gasteiger partial charge in [-0.1, -0.05) is 6.92 Å². The van der Waals surface area contributed by atoms with Gasteiger partial charge in [-0.2, -0.15) is 0 Å². The summed E-state index contributed by atoms with van der Waals surface area (Å²) in [4.78, 5) is 35.8. The molecule has 146 valence electrons. The number of alkyl carbamates (subject to hydrolysis) is 1. The first-order valence-corrected chi connectivity index (χ1v) is 8.78. The standard InChI is InChI=1S/C20H25NO6/c1-7-13-9-14-11(2)8-17(22)25-16(14)10-15(13)26-18(23)12(3)21-19(24)27-20(4,5)6/h8-10,12H,7H2,1-6H3,(H,21,24)/t12-/m1/s1. The van der Waals surface area contributed by atoms with Gasteiger partial charge in [0.25, 0.3) is 0 Å². The van der Waals surface area contributed by atoms with E-state index in [4.69, 9.17) is 13.9 Å². The van der Waals surface area contributed by atoms with Crippen molar-refractivity contribution >= 4 is 23.0 Å². The molecule has 1 amide bonds. The summed E-state index contributed by atoms with van der Waals surface area (Å²) in [6.45, 7) is 10.4. The van der Waals surface area contributed by atoms with E-state index >= 15 is 0 Å². The first-order chi connectivity index (χ1) is 12.5. The van der Waals surface area contributed by atoms with Crippen molar-refractivity contribution in [1.82, 2.24) is 5.32 Å². The second-order valence-electron chi connectivity index (χ2n) is 7.35. The summed E-state index contributed by atoms with van der Waals surface area (Å²) in [5.41, 5.74) is 0.775. The van der Waals surface area contributed by atoms with Crippen LogP contribution in [0.2, 0.25) is 0 Å². The van der Waals surface area contributed by atoms with Crippen molar-refractivity contribution in [3.63, 3.8) is 0 Å². The fraction of sp³-hybridized carbons (Fsp3) is 0.450. The van der Waals surface area contributed by atoms with Gasteiger partial charge in [0, 0.05) is 17.5 Å². The van der Waals surface area contributed by atoms with Crippen LogP contribution in [0.4, 0.5) is 4.79 Å². The van der Waals surface area contributed by atoms with Gasteiger partial charge in [0.2, 0.25) is 0 Å². The number of hydrogen-bond donors (Lipinski definition) is 1. The van der Waals surface area contributed by atoms with Crippen molar-refractivity contribution in [2.75, 3.05) is 0 Å². The van der Waals surface area contributed by atoms with E-state index in [2.05, 4.69) is 5.32 Å². The van der Waals surface area contributed by atoms with Gasteiger partial charge >= 0.3 is 17.7 Å². The van der Waals surface area contributed by atoms with Crippen LogP contribution in [0.1, 0.15) is 45.7 Å². The Morgan fingerprint density at radius 1 is 1.22 bits per heavy atom. The van der Waals surface area contributed by atoms with Crippen LogP contribution in [0.3, 0.4) is 0 Å². The molecule has 0 aliphatic heterocycles. The summed E-state index contributed by atoms with van der Waals surface area (Å²) < 4.78 is 15.8. The van der Waals surface area contributed by atoms with Crippen LogP contribution in [-0.4, -0.2) is 23.7 Å². The van der Waals surface area contributed by atoms with Crippen LogP contribution in [0.25, 0.3) is 11.0 Å². The molecule has 2 rings (SSSR count). The number of ether oxygens (including phenoxy) is 2. The third-order valence-corrected chi connectivity index (χ3v) is 3.81. The van der Waals surface area contributed by atoms with E-state index in [1.807, 2.05) is 19.9 Å².